The fraction of sp³-hybridized carbons (Fsp3) is 0.400. The molecule has 11 heavy (non-hydrogen) atoms. The van der Waals surface area contributed by atoms with Crippen molar-refractivity contribution in [2.75, 3.05) is 0 Å². The van der Waals surface area contributed by atoms with Gasteiger partial charge in [0, 0.05) is 0 Å². The first kappa shape index (κ1) is 8.93. The van der Waals surface area contributed by atoms with Crippen LogP contribution in [-0.4, -0.2) is 16.2 Å². The van der Waals surface area contributed by atoms with Crippen molar-refractivity contribution in [3.8, 4) is 0 Å². The summed E-state index contributed by atoms with van der Waals surface area (Å²) in [6.07, 6.45) is -1.05. The maximum Gasteiger partial charge on any atom is 0.257 e. The van der Waals surface area contributed by atoms with Gasteiger partial charge in [0.05, 0.1) is 10.7 Å². The second kappa shape index (κ2) is 3.49. The molecule has 0 aromatic carbocycles. The predicted molar refractivity (Wildman–Crippen MR) is 40.9 cm³/mol. The van der Waals surface area contributed by atoms with Gasteiger partial charge in [-0.25, -0.2) is 13.5 Å². The largest absolute Gasteiger partial charge is 0.257 e. The molecular weight excluding hydrogens is 241 g/mol. The third kappa shape index (κ3) is 2.13. The highest BCUT2D eigenvalue weighted by atomic mass is 79.9. The van der Waals surface area contributed by atoms with E-state index in [2.05, 4.69) is 21.0 Å². The van der Waals surface area contributed by atoms with Gasteiger partial charge >= 0.3 is 0 Å². The van der Waals surface area contributed by atoms with Crippen molar-refractivity contribution in [1.82, 2.24) is 9.78 Å². The molecule has 0 radical (unpaired) electrons. The summed E-state index contributed by atoms with van der Waals surface area (Å²) in [5.74, 6) is 0. The fourth-order valence-corrected chi connectivity index (χ4v) is 1.06. The van der Waals surface area contributed by atoms with Crippen LogP contribution in [0.15, 0.2) is 10.7 Å². The summed E-state index contributed by atoms with van der Waals surface area (Å²) in [5, 5.41) is 3.81. The molecule has 1 aromatic rings. The molecule has 2 nitrogen and oxygen atoms in total. The van der Waals surface area contributed by atoms with E-state index in [0.717, 1.165) is 4.68 Å². The molecule has 0 bridgehead atoms. The molecule has 1 aromatic heterocycles. The Labute approximate surface area is 75.3 Å². The molecule has 0 atom stereocenters. The molecule has 1 rings (SSSR count). The summed E-state index contributed by atoms with van der Waals surface area (Å²) < 4.78 is 25.1. The first-order valence-electron chi connectivity index (χ1n) is 2.76. The lowest BCUT2D eigenvalue weighted by molar-refractivity contribution is 0.122. The lowest BCUT2D eigenvalue weighted by Crippen LogP contribution is -2.07. The van der Waals surface area contributed by atoms with Gasteiger partial charge in [-0.15, -0.1) is 0 Å². The van der Waals surface area contributed by atoms with Crippen LogP contribution in [0, 0.1) is 0 Å². The number of alkyl halides is 2. The molecule has 0 saturated heterocycles. The van der Waals surface area contributed by atoms with Gasteiger partial charge in [0.1, 0.15) is 11.7 Å². The summed E-state index contributed by atoms with van der Waals surface area (Å²) in [5.41, 5.74) is 0. The van der Waals surface area contributed by atoms with E-state index in [1.165, 1.54) is 6.20 Å². The van der Waals surface area contributed by atoms with E-state index >= 15 is 0 Å². The first-order chi connectivity index (χ1) is 5.11. The fourth-order valence-electron chi connectivity index (χ4n) is 0.606. The molecule has 0 unspecified atom stereocenters. The Kier molecular flexibility index (Phi) is 2.84. The molecule has 0 fully saturated rings. The number of halogens is 4. The number of rotatable bonds is 2. The van der Waals surface area contributed by atoms with E-state index < -0.39 is 13.0 Å². The molecule has 0 aliphatic rings. The quantitative estimate of drug-likeness (QED) is 0.783. The second-order valence-corrected chi connectivity index (χ2v) is 3.07. The molecule has 62 valence electrons. The normalized spacial score (nSPS) is 11.0. The van der Waals surface area contributed by atoms with Crippen LogP contribution in [0.25, 0.3) is 0 Å². The molecule has 0 N–H and O–H groups in total. The lowest BCUT2D eigenvalue weighted by Gasteiger charge is -2.00. The third-order valence-electron chi connectivity index (χ3n) is 1.05. The second-order valence-electron chi connectivity index (χ2n) is 1.86. The van der Waals surface area contributed by atoms with Crippen molar-refractivity contribution >= 4 is 27.5 Å². The Hall–Kier alpha value is -0.160. The predicted octanol–water partition coefficient (Wildman–Crippen LogP) is 2.56. The van der Waals surface area contributed by atoms with Gasteiger partial charge in [0.15, 0.2) is 0 Å². The molecule has 0 saturated carbocycles. The average Bonchev–Trinajstić information content (AvgIpc) is 2.18. The average molecular weight is 245 g/mol. The Bertz CT molecular complexity index is 251. The van der Waals surface area contributed by atoms with Crippen LogP contribution in [0.4, 0.5) is 8.78 Å². The SMILES string of the molecule is FC(F)Cn1ncc(Br)c1Cl. The maximum absolute atomic E-state index is 11.8. The summed E-state index contributed by atoms with van der Waals surface area (Å²) in [6.45, 7) is -0.468. The highest BCUT2D eigenvalue weighted by molar-refractivity contribution is 9.10. The molecular formula is C5H4BrClF2N2. The highest BCUT2D eigenvalue weighted by Crippen LogP contribution is 2.21. The van der Waals surface area contributed by atoms with Crippen LogP contribution in [0.3, 0.4) is 0 Å². The van der Waals surface area contributed by atoms with E-state index in [4.69, 9.17) is 11.6 Å². The first-order valence-corrected chi connectivity index (χ1v) is 3.93. The molecule has 0 amide bonds. The Morgan fingerprint density at radius 1 is 1.73 bits per heavy atom. The van der Waals surface area contributed by atoms with E-state index in [1.807, 2.05) is 0 Å². The number of hydrogen-bond donors (Lipinski definition) is 0. The van der Waals surface area contributed by atoms with Crippen LogP contribution in [0.5, 0.6) is 0 Å². The Morgan fingerprint density at radius 2 is 2.36 bits per heavy atom. The van der Waals surface area contributed by atoms with Crippen LogP contribution < -0.4 is 0 Å². The zero-order valence-corrected chi connectivity index (χ0v) is 7.61. The monoisotopic (exact) mass is 244 g/mol. The molecule has 1 heterocycles. The molecule has 0 aliphatic carbocycles. The van der Waals surface area contributed by atoms with Gasteiger partial charge in [-0.1, -0.05) is 11.6 Å². The van der Waals surface area contributed by atoms with Gasteiger partial charge < -0.3 is 0 Å². The van der Waals surface area contributed by atoms with E-state index in [0.29, 0.717) is 4.47 Å². The molecule has 0 spiro atoms. The van der Waals surface area contributed by atoms with Crippen molar-refractivity contribution in [2.24, 2.45) is 0 Å². The van der Waals surface area contributed by atoms with Gasteiger partial charge in [0.2, 0.25) is 0 Å². The summed E-state index contributed by atoms with van der Waals surface area (Å²) in [4.78, 5) is 0. The third-order valence-corrected chi connectivity index (χ3v) is 2.25. The topological polar surface area (TPSA) is 17.8 Å². The van der Waals surface area contributed by atoms with Gasteiger partial charge in [-0.2, -0.15) is 5.10 Å². The summed E-state index contributed by atoms with van der Waals surface area (Å²) in [6, 6.07) is 0. The van der Waals surface area contributed by atoms with Crippen LogP contribution in [-0.2, 0) is 6.54 Å². The van der Waals surface area contributed by atoms with Crippen molar-refractivity contribution in [1.29, 1.82) is 0 Å². The van der Waals surface area contributed by atoms with E-state index in [9.17, 15) is 8.78 Å². The zero-order valence-electron chi connectivity index (χ0n) is 5.27. The van der Waals surface area contributed by atoms with Gasteiger partial charge in [-0.05, 0) is 15.9 Å². The minimum Gasteiger partial charge on any atom is -0.247 e. The van der Waals surface area contributed by atoms with Crippen molar-refractivity contribution in [3.05, 3.63) is 15.8 Å². The lowest BCUT2D eigenvalue weighted by atomic mass is 10.7. The van der Waals surface area contributed by atoms with E-state index in [-0.39, 0.29) is 5.15 Å². The molecule has 6 heteroatoms. The minimum absolute atomic E-state index is 0.199. The number of nitrogens with zero attached hydrogens (tertiary/aromatic N) is 2. The summed E-state index contributed by atoms with van der Waals surface area (Å²) in [7, 11) is 0. The van der Waals surface area contributed by atoms with Crippen molar-refractivity contribution in [2.45, 2.75) is 13.0 Å². The standard InChI is InChI=1S/C5H4BrClF2N2/c6-3-1-10-11(5(3)7)2-4(8)9/h1,4H,2H2. The minimum atomic E-state index is -2.43. The van der Waals surface area contributed by atoms with Crippen LogP contribution >= 0.6 is 27.5 Å². The highest BCUT2D eigenvalue weighted by Gasteiger charge is 2.10. The van der Waals surface area contributed by atoms with E-state index in [1.54, 1.807) is 0 Å². The summed E-state index contributed by atoms with van der Waals surface area (Å²) >= 11 is 8.62. The van der Waals surface area contributed by atoms with Crippen LogP contribution in [0.1, 0.15) is 0 Å². The Balaban J connectivity index is 2.79. The van der Waals surface area contributed by atoms with Crippen molar-refractivity contribution in [3.63, 3.8) is 0 Å². The van der Waals surface area contributed by atoms with Gasteiger partial charge in [0.25, 0.3) is 6.43 Å². The number of aromatic nitrogens is 2. The molecule has 0 aliphatic heterocycles. The smallest absolute Gasteiger partial charge is 0.247 e. The van der Waals surface area contributed by atoms with Crippen LogP contribution in [0.2, 0.25) is 5.15 Å². The van der Waals surface area contributed by atoms with Crippen molar-refractivity contribution < 1.29 is 8.78 Å². The van der Waals surface area contributed by atoms with Gasteiger partial charge in [-0.3, -0.25) is 0 Å². The zero-order chi connectivity index (χ0) is 8.43. The Morgan fingerprint density at radius 3 is 2.73 bits per heavy atom. The maximum atomic E-state index is 11.8. The number of hydrogen-bond acceptors (Lipinski definition) is 1.